The fraction of sp³-hybridized carbons (Fsp3) is 0.656. The fourth-order valence-corrected chi connectivity index (χ4v) is 7.26. The zero-order valence-corrected chi connectivity index (χ0v) is 23.7. The van der Waals surface area contributed by atoms with Gasteiger partial charge >= 0.3 is 5.97 Å². The van der Waals surface area contributed by atoms with Gasteiger partial charge in [-0.05, 0) is 98.7 Å². The summed E-state index contributed by atoms with van der Waals surface area (Å²) in [5, 5.41) is 31.7. The quantitative estimate of drug-likeness (QED) is 0.252. The third-order valence-corrected chi connectivity index (χ3v) is 9.28. The first-order chi connectivity index (χ1) is 18.4. The lowest BCUT2D eigenvalue weighted by Gasteiger charge is -2.55. The van der Waals surface area contributed by atoms with Crippen molar-refractivity contribution in [2.75, 3.05) is 6.61 Å². The van der Waals surface area contributed by atoms with Crippen molar-refractivity contribution in [1.82, 2.24) is 0 Å². The zero-order valence-electron chi connectivity index (χ0n) is 23.7. The maximum atomic E-state index is 15.2. The van der Waals surface area contributed by atoms with Gasteiger partial charge in [0.05, 0.1) is 18.1 Å². The average Bonchev–Trinajstić information content (AvgIpc) is 3.23. The average molecular weight is 549 g/mol. The molecule has 1 aromatic rings. The molecule has 2 aliphatic carbocycles. The van der Waals surface area contributed by atoms with Gasteiger partial charge in [-0.25, -0.2) is 0 Å². The van der Waals surface area contributed by atoms with Gasteiger partial charge in [0.25, 0.3) is 5.92 Å². The summed E-state index contributed by atoms with van der Waals surface area (Å²) in [7, 11) is 0. The van der Waals surface area contributed by atoms with Crippen LogP contribution in [0.2, 0.25) is 0 Å². The molecule has 8 atom stereocenters. The van der Waals surface area contributed by atoms with Crippen molar-refractivity contribution in [2.45, 2.75) is 84.4 Å². The van der Waals surface area contributed by atoms with Crippen molar-refractivity contribution in [3.8, 4) is 5.75 Å². The van der Waals surface area contributed by atoms with Crippen molar-refractivity contribution in [3.63, 3.8) is 0 Å². The SMILES string of the molecule is C/C=C/CCC(C(=O)O)C1C(C(C)C)CCC(C)(C2CC(O)CC2O)C1/C=C/C(F)(F)COc1ccccc1. The van der Waals surface area contributed by atoms with Crippen LogP contribution < -0.4 is 4.74 Å². The Kier molecular flexibility index (Phi) is 10.8. The normalized spacial score (nSPS) is 32.7. The lowest BCUT2D eigenvalue weighted by molar-refractivity contribution is -0.150. The molecule has 218 valence electrons. The molecule has 0 heterocycles. The number of hydrogen-bond donors (Lipinski definition) is 3. The van der Waals surface area contributed by atoms with Gasteiger partial charge in [-0.1, -0.05) is 57.2 Å². The van der Waals surface area contributed by atoms with Gasteiger partial charge in [-0.15, -0.1) is 0 Å². The standard InChI is InChI=1S/C32H46F2O5/c1-5-6-8-13-25(30(37)38)29-24(21(2)3)14-16-31(4,27-18-22(35)19-28(27)36)26(29)15-17-32(33,34)20-39-23-11-9-7-10-12-23/h5-7,9-12,15,17,21-22,24-29,35-36H,8,13-14,16,18-20H2,1-4H3,(H,37,38)/b6-5+,17-15+. The summed E-state index contributed by atoms with van der Waals surface area (Å²) >= 11 is 0. The van der Waals surface area contributed by atoms with E-state index in [4.69, 9.17) is 4.74 Å². The Bertz CT molecular complexity index is 978. The molecule has 0 bridgehead atoms. The van der Waals surface area contributed by atoms with Crippen molar-refractivity contribution < 1.29 is 33.6 Å². The molecule has 0 aliphatic heterocycles. The maximum absolute atomic E-state index is 15.2. The summed E-state index contributed by atoms with van der Waals surface area (Å²) < 4.78 is 35.7. The van der Waals surface area contributed by atoms with Gasteiger partial charge in [-0.2, -0.15) is 8.78 Å². The summed E-state index contributed by atoms with van der Waals surface area (Å²) in [5.74, 6) is -5.58. The Balaban J connectivity index is 2.02. The molecule has 7 heteroatoms. The zero-order chi connectivity index (χ0) is 28.8. The van der Waals surface area contributed by atoms with Crippen molar-refractivity contribution in [2.24, 2.45) is 40.9 Å². The molecule has 3 rings (SSSR count). The summed E-state index contributed by atoms with van der Waals surface area (Å²) in [4.78, 5) is 12.7. The summed E-state index contributed by atoms with van der Waals surface area (Å²) in [6, 6.07) is 8.46. The highest BCUT2D eigenvalue weighted by Gasteiger charge is 2.56. The highest BCUT2D eigenvalue weighted by molar-refractivity contribution is 5.70. The minimum atomic E-state index is -3.27. The van der Waals surface area contributed by atoms with E-state index >= 15 is 8.78 Å². The molecular weight excluding hydrogens is 502 g/mol. The molecule has 0 radical (unpaired) electrons. The van der Waals surface area contributed by atoms with Gasteiger partial charge in [-0.3, -0.25) is 4.79 Å². The van der Waals surface area contributed by atoms with Crippen LogP contribution in [0.3, 0.4) is 0 Å². The van der Waals surface area contributed by atoms with E-state index in [-0.39, 0.29) is 24.2 Å². The minimum Gasteiger partial charge on any atom is -0.487 e. The van der Waals surface area contributed by atoms with Gasteiger partial charge < -0.3 is 20.1 Å². The van der Waals surface area contributed by atoms with Gasteiger partial charge in [0, 0.05) is 0 Å². The number of aliphatic hydroxyl groups excluding tert-OH is 2. The molecular formula is C32H46F2O5. The molecule has 5 nitrogen and oxygen atoms in total. The van der Waals surface area contributed by atoms with E-state index in [0.717, 1.165) is 12.5 Å². The molecule has 0 spiro atoms. The van der Waals surface area contributed by atoms with Crippen molar-refractivity contribution >= 4 is 5.97 Å². The van der Waals surface area contributed by atoms with Crippen molar-refractivity contribution in [3.05, 3.63) is 54.6 Å². The number of carboxylic acids is 1. The highest BCUT2D eigenvalue weighted by Crippen LogP contribution is 2.59. The predicted molar refractivity (Wildman–Crippen MR) is 149 cm³/mol. The van der Waals surface area contributed by atoms with Gasteiger partial charge in [0.2, 0.25) is 0 Å². The van der Waals surface area contributed by atoms with Crippen LogP contribution in [0.15, 0.2) is 54.6 Å². The van der Waals surface area contributed by atoms with Crippen LogP contribution in [0.25, 0.3) is 0 Å². The van der Waals surface area contributed by atoms with Crippen molar-refractivity contribution in [1.29, 1.82) is 0 Å². The topological polar surface area (TPSA) is 87.0 Å². The number of carbonyl (C=O) groups is 1. The summed E-state index contributed by atoms with van der Waals surface area (Å²) in [5.41, 5.74) is -0.645. The monoisotopic (exact) mass is 548 g/mol. The smallest absolute Gasteiger partial charge is 0.306 e. The van der Waals surface area contributed by atoms with Crippen LogP contribution in [0.1, 0.15) is 66.2 Å². The number of halogens is 2. The molecule has 0 saturated heterocycles. The minimum absolute atomic E-state index is 0.0251. The first-order valence-corrected chi connectivity index (χ1v) is 14.3. The van der Waals surface area contributed by atoms with Crippen LogP contribution in [0.5, 0.6) is 5.75 Å². The number of alkyl halides is 2. The van der Waals surface area contributed by atoms with Crippen LogP contribution in [-0.2, 0) is 4.79 Å². The Morgan fingerprint density at radius 3 is 2.46 bits per heavy atom. The number of benzene rings is 1. The number of aliphatic hydroxyl groups is 2. The third-order valence-electron chi connectivity index (χ3n) is 9.28. The number of para-hydroxylation sites is 1. The molecule has 8 unspecified atom stereocenters. The molecule has 3 N–H and O–H groups in total. The first-order valence-electron chi connectivity index (χ1n) is 14.3. The van der Waals surface area contributed by atoms with Crippen LogP contribution in [-0.4, -0.2) is 46.0 Å². The summed E-state index contributed by atoms with van der Waals surface area (Å²) in [6.07, 6.45) is 7.89. The third kappa shape index (κ3) is 7.69. The molecule has 2 aliphatic rings. The number of hydrogen-bond acceptors (Lipinski definition) is 4. The predicted octanol–water partition coefficient (Wildman–Crippen LogP) is 6.75. The Labute approximate surface area is 232 Å². The molecule has 0 aromatic heterocycles. The summed E-state index contributed by atoms with van der Waals surface area (Å²) in [6.45, 7) is 7.21. The van der Waals surface area contributed by atoms with Gasteiger partial charge in [0.15, 0.2) is 6.61 Å². The van der Waals surface area contributed by atoms with E-state index in [1.807, 2.05) is 26.0 Å². The van der Waals surface area contributed by atoms with Crippen LogP contribution >= 0.6 is 0 Å². The molecule has 2 saturated carbocycles. The highest BCUT2D eigenvalue weighted by atomic mass is 19.3. The number of aliphatic carboxylic acids is 1. The first kappa shape index (κ1) is 31.3. The second-order valence-corrected chi connectivity index (χ2v) is 12.2. The number of rotatable bonds is 12. The van der Waals surface area contributed by atoms with E-state index < -0.39 is 53.9 Å². The molecule has 39 heavy (non-hydrogen) atoms. The lowest BCUT2D eigenvalue weighted by atomic mass is 9.49. The Morgan fingerprint density at radius 1 is 1.21 bits per heavy atom. The Morgan fingerprint density at radius 2 is 1.90 bits per heavy atom. The van der Waals surface area contributed by atoms with E-state index in [2.05, 4.69) is 13.8 Å². The van der Waals surface area contributed by atoms with Crippen LogP contribution in [0, 0.1) is 40.9 Å². The number of carboxylic acid groups (broad SMARTS) is 1. The van der Waals surface area contributed by atoms with E-state index in [9.17, 15) is 20.1 Å². The fourth-order valence-electron chi connectivity index (χ4n) is 7.26. The molecule has 1 aromatic carbocycles. The molecule has 2 fully saturated rings. The number of allylic oxidation sites excluding steroid dienone is 3. The van der Waals surface area contributed by atoms with E-state index in [1.165, 1.54) is 6.08 Å². The Hall–Kier alpha value is -2.25. The second-order valence-electron chi connectivity index (χ2n) is 12.2. The lowest BCUT2D eigenvalue weighted by Crippen LogP contribution is -2.51. The molecule has 0 amide bonds. The maximum Gasteiger partial charge on any atom is 0.306 e. The van der Waals surface area contributed by atoms with E-state index in [1.54, 1.807) is 30.3 Å². The van der Waals surface area contributed by atoms with Gasteiger partial charge in [0.1, 0.15) is 5.75 Å². The second kappa shape index (κ2) is 13.4. The number of ether oxygens (including phenoxy) is 1. The van der Waals surface area contributed by atoms with E-state index in [0.29, 0.717) is 31.4 Å². The van der Waals surface area contributed by atoms with Crippen LogP contribution in [0.4, 0.5) is 8.78 Å². The largest absolute Gasteiger partial charge is 0.487 e.